The van der Waals surface area contributed by atoms with E-state index in [1.807, 2.05) is 17.0 Å². The van der Waals surface area contributed by atoms with Gasteiger partial charge in [-0.1, -0.05) is 13.3 Å². The van der Waals surface area contributed by atoms with Crippen molar-refractivity contribution in [2.45, 2.75) is 51.6 Å². The summed E-state index contributed by atoms with van der Waals surface area (Å²) in [6.07, 6.45) is 5.87. The lowest BCUT2D eigenvalue weighted by atomic mass is 9.83. The average Bonchev–Trinajstić information content (AvgIpc) is 2.54. The molecular weight excluding hydrogens is 262 g/mol. The Bertz CT molecular complexity index is 582. The first-order chi connectivity index (χ1) is 10.2. The van der Waals surface area contributed by atoms with Gasteiger partial charge in [-0.25, -0.2) is 4.79 Å². The van der Waals surface area contributed by atoms with Gasteiger partial charge in [0.05, 0.1) is 11.6 Å². The lowest BCUT2D eigenvalue weighted by molar-refractivity contribution is 0.145. The third-order valence-electron chi connectivity index (χ3n) is 4.91. The summed E-state index contributed by atoms with van der Waals surface area (Å²) in [7, 11) is 0. The van der Waals surface area contributed by atoms with E-state index in [2.05, 4.69) is 18.3 Å². The SMILES string of the molecule is CCC1CCC(N2Cc3cc(C#N)ccc3NC2=O)CC1. The maximum absolute atomic E-state index is 12.3. The number of nitrogens with one attached hydrogen (secondary N) is 1. The molecule has 1 fully saturated rings. The number of rotatable bonds is 2. The van der Waals surface area contributed by atoms with Gasteiger partial charge in [-0.2, -0.15) is 5.26 Å². The number of hydrogen-bond acceptors (Lipinski definition) is 2. The molecule has 0 unspecified atom stereocenters. The normalized spacial score (nSPS) is 25.0. The van der Waals surface area contributed by atoms with E-state index in [-0.39, 0.29) is 6.03 Å². The van der Waals surface area contributed by atoms with Gasteiger partial charge >= 0.3 is 6.03 Å². The van der Waals surface area contributed by atoms with Crippen LogP contribution in [0.4, 0.5) is 10.5 Å². The number of nitriles is 1. The fourth-order valence-electron chi connectivity index (χ4n) is 3.52. The first-order valence-corrected chi connectivity index (χ1v) is 7.82. The van der Waals surface area contributed by atoms with Crippen molar-refractivity contribution in [1.29, 1.82) is 5.26 Å². The third-order valence-corrected chi connectivity index (χ3v) is 4.91. The molecular formula is C17H21N3O. The average molecular weight is 283 g/mol. The largest absolute Gasteiger partial charge is 0.322 e. The molecule has 21 heavy (non-hydrogen) atoms. The second-order valence-corrected chi connectivity index (χ2v) is 6.12. The highest BCUT2D eigenvalue weighted by Crippen LogP contribution is 2.33. The Balaban J connectivity index is 1.76. The smallest absolute Gasteiger partial charge is 0.317 e. The topological polar surface area (TPSA) is 56.1 Å². The first-order valence-electron chi connectivity index (χ1n) is 7.82. The van der Waals surface area contributed by atoms with Crippen LogP contribution in [-0.4, -0.2) is 17.0 Å². The molecule has 1 heterocycles. The molecule has 110 valence electrons. The summed E-state index contributed by atoms with van der Waals surface area (Å²) < 4.78 is 0. The second-order valence-electron chi connectivity index (χ2n) is 6.12. The molecule has 1 aromatic rings. The van der Waals surface area contributed by atoms with Gasteiger partial charge in [-0.15, -0.1) is 0 Å². The lowest BCUT2D eigenvalue weighted by Gasteiger charge is -2.39. The fraction of sp³-hybridized carbons (Fsp3) is 0.529. The van der Waals surface area contributed by atoms with Crippen LogP contribution in [0.5, 0.6) is 0 Å². The van der Waals surface area contributed by atoms with Crippen LogP contribution in [0.25, 0.3) is 0 Å². The van der Waals surface area contributed by atoms with E-state index in [0.717, 1.165) is 30.0 Å². The number of hydrogen-bond donors (Lipinski definition) is 1. The minimum absolute atomic E-state index is 0.00663. The molecule has 1 N–H and O–H groups in total. The van der Waals surface area contributed by atoms with Crippen LogP contribution >= 0.6 is 0 Å². The Labute approximate surface area is 125 Å². The van der Waals surface area contributed by atoms with Gasteiger partial charge in [0.25, 0.3) is 0 Å². The van der Waals surface area contributed by atoms with Crippen molar-refractivity contribution in [3.8, 4) is 6.07 Å². The predicted octanol–water partition coefficient (Wildman–Crippen LogP) is 3.87. The van der Waals surface area contributed by atoms with E-state index >= 15 is 0 Å². The zero-order chi connectivity index (χ0) is 14.8. The van der Waals surface area contributed by atoms with E-state index in [9.17, 15) is 4.79 Å². The summed E-state index contributed by atoms with van der Waals surface area (Å²) in [6.45, 7) is 2.87. The van der Waals surface area contributed by atoms with E-state index in [0.29, 0.717) is 18.2 Å². The van der Waals surface area contributed by atoms with E-state index in [1.54, 1.807) is 6.07 Å². The molecule has 2 amide bonds. The maximum atomic E-state index is 12.3. The summed E-state index contributed by atoms with van der Waals surface area (Å²) >= 11 is 0. The first kappa shape index (κ1) is 13.9. The molecule has 4 nitrogen and oxygen atoms in total. The van der Waals surface area contributed by atoms with E-state index in [4.69, 9.17) is 5.26 Å². The van der Waals surface area contributed by atoms with Crippen molar-refractivity contribution in [1.82, 2.24) is 4.90 Å². The number of anilines is 1. The van der Waals surface area contributed by atoms with Crippen LogP contribution in [0.2, 0.25) is 0 Å². The van der Waals surface area contributed by atoms with Crippen molar-refractivity contribution in [3.05, 3.63) is 29.3 Å². The molecule has 0 spiro atoms. The standard InChI is InChI=1S/C17H21N3O/c1-2-12-3-6-15(7-4-12)20-11-14-9-13(10-18)5-8-16(14)19-17(20)21/h5,8-9,12,15H,2-4,6-7,11H2,1H3,(H,19,21). The molecule has 1 aliphatic carbocycles. The van der Waals surface area contributed by atoms with Gasteiger partial charge in [-0.3, -0.25) is 0 Å². The molecule has 1 aromatic carbocycles. The zero-order valence-electron chi connectivity index (χ0n) is 12.4. The van der Waals surface area contributed by atoms with Gasteiger partial charge in [0.15, 0.2) is 0 Å². The highest BCUT2D eigenvalue weighted by Gasteiger charge is 2.31. The maximum Gasteiger partial charge on any atom is 0.322 e. The minimum atomic E-state index is 0.00663. The van der Waals surface area contributed by atoms with Gasteiger partial charge in [0, 0.05) is 18.3 Å². The third kappa shape index (κ3) is 2.73. The highest BCUT2D eigenvalue weighted by molar-refractivity contribution is 5.92. The molecule has 0 atom stereocenters. The van der Waals surface area contributed by atoms with Crippen molar-refractivity contribution in [3.63, 3.8) is 0 Å². The highest BCUT2D eigenvalue weighted by atomic mass is 16.2. The van der Waals surface area contributed by atoms with Crippen molar-refractivity contribution in [2.75, 3.05) is 5.32 Å². The molecule has 0 bridgehead atoms. The number of amides is 2. The number of fused-ring (bicyclic) bond motifs is 1. The van der Waals surface area contributed by atoms with Gasteiger partial charge < -0.3 is 10.2 Å². The number of nitrogens with zero attached hydrogens (tertiary/aromatic N) is 2. The molecule has 1 aliphatic heterocycles. The summed E-state index contributed by atoms with van der Waals surface area (Å²) in [5.41, 5.74) is 2.54. The summed E-state index contributed by atoms with van der Waals surface area (Å²) in [5, 5.41) is 12.0. The molecule has 0 radical (unpaired) electrons. The van der Waals surface area contributed by atoms with Gasteiger partial charge in [-0.05, 0) is 55.4 Å². The summed E-state index contributed by atoms with van der Waals surface area (Å²) in [5.74, 6) is 0.826. The van der Waals surface area contributed by atoms with Crippen LogP contribution in [0.15, 0.2) is 18.2 Å². The zero-order valence-corrected chi connectivity index (χ0v) is 12.4. The van der Waals surface area contributed by atoms with Crippen LogP contribution < -0.4 is 5.32 Å². The van der Waals surface area contributed by atoms with E-state index < -0.39 is 0 Å². The van der Waals surface area contributed by atoms with Crippen molar-refractivity contribution < 1.29 is 4.79 Å². The monoisotopic (exact) mass is 283 g/mol. The van der Waals surface area contributed by atoms with Crippen LogP contribution in [0.3, 0.4) is 0 Å². The Morgan fingerprint density at radius 2 is 2.10 bits per heavy atom. The number of carbonyl (C=O) groups is 1. The van der Waals surface area contributed by atoms with Crippen molar-refractivity contribution in [2.24, 2.45) is 5.92 Å². The Morgan fingerprint density at radius 1 is 1.33 bits per heavy atom. The number of benzene rings is 1. The Kier molecular flexibility index (Phi) is 3.83. The van der Waals surface area contributed by atoms with Crippen LogP contribution in [-0.2, 0) is 6.54 Å². The minimum Gasteiger partial charge on any atom is -0.317 e. The summed E-state index contributed by atoms with van der Waals surface area (Å²) in [4.78, 5) is 14.3. The predicted molar refractivity (Wildman–Crippen MR) is 81.8 cm³/mol. The lowest BCUT2D eigenvalue weighted by Crippen LogP contribution is -2.46. The molecule has 2 aliphatic rings. The quantitative estimate of drug-likeness (QED) is 0.895. The molecule has 1 saturated carbocycles. The number of carbonyl (C=O) groups excluding carboxylic acids is 1. The second kappa shape index (κ2) is 5.77. The fourth-order valence-corrected chi connectivity index (χ4v) is 3.52. The Hall–Kier alpha value is -2.02. The van der Waals surface area contributed by atoms with E-state index in [1.165, 1.54) is 19.3 Å². The molecule has 3 rings (SSSR count). The molecule has 0 aromatic heterocycles. The van der Waals surface area contributed by atoms with Crippen LogP contribution in [0.1, 0.15) is 50.2 Å². The van der Waals surface area contributed by atoms with Gasteiger partial charge in [0.2, 0.25) is 0 Å². The van der Waals surface area contributed by atoms with Crippen molar-refractivity contribution >= 4 is 11.7 Å². The Morgan fingerprint density at radius 3 is 2.76 bits per heavy atom. The number of urea groups is 1. The molecule has 4 heteroatoms. The summed E-state index contributed by atoms with van der Waals surface area (Å²) in [6, 6.07) is 7.98. The van der Waals surface area contributed by atoms with Crippen LogP contribution in [0, 0.1) is 17.2 Å². The van der Waals surface area contributed by atoms with Gasteiger partial charge in [0.1, 0.15) is 0 Å². The molecule has 0 saturated heterocycles.